The zero-order chi connectivity index (χ0) is 13.1. The molecule has 0 aliphatic carbocycles. The molecular weight excluding hydrogens is 306 g/mol. The highest BCUT2D eigenvalue weighted by Gasteiger charge is 2.04. The third-order valence-electron chi connectivity index (χ3n) is 2.64. The van der Waals surface area contributed by atoms with Gasteiger partial charge in [-0.15, -0.1) is 0 Å². The van der Waals surface area contributed by atoms with Gasteiger partial charge in [0.05, 0.1) is 4.47 Å². The van der Waals surface area contributed by atoms with Crippen LogP contribution in [0.25, 0.3) is 11.4 Å². The van der Waals surface area contributed by atoms with Gasteiger partial charge in [-0.05, 0) is 27.6 Å². The number of hydrogen-bond donors (Lipinski definition) is 1. The highest BCUT2D eigenvalue weighted by molar-refractivity contribution is 9.10. The van der Waals surface area contributed by atoms with Crippen molar-refractivity contribution in [3.8, 4) is 11.4 Å². The number of H-pyrrole nitrogens is 1. The van der Waals surface area contributed by atoms with Crippen LogP contribution in [-0.2, 0) is 6.42 Å². The van der Waals surface area contributed by atoms with Gasteiger partial charge in [0, 0.05) is 24.4 Å². The van der Waals surface area contributed by atoms with Crippen molar-refractivity contribution in [2.45, 2.75) is 6.42 Å². The zero-order valence-corrected chi connectivity index (χ0v) is 11.5. The van der Waals surface area contributed by atoms with Crippen molar-refractivity contribution in [1.82, 2.24) is 25.1 Å². The van der Waals surface area contributed by atoms with Gasteiger partial charge >= 0.3 is 0 Å². The van der Waals surface area contributed by atoms with Crippen molar-refractivity contribution < 1.29 is 0 Å². The highest BCUT2D eigenvalue weighted by atomic mass is 79.9. The van der Waals surface area contributed by atoms with Gasteiger partial charge in [-0.25, -0.2) is 15.0 Å². The van der Waals surface area contributed by atoms with Crippen molar-refractivity contribution in [1.29, 1.82) is 0 Å². The largest absolute Gasteiger partial charge is 0.263 e. The molecule has 6 heteroatoms. The van der Waals surface area contributed by atoms with Gasteiger partial charge < -0.3 is 0 Å². The van der Waals surface area contributed by atoms with Crippen LogP contribution in [0, 0.1) is 0 Å². The first-order valence-corrected chi connectivity index (χ1v) is 6.52. The summed E-state index contributed by atoms with van der Waals surface area (Å²) in [6, 6.07) is 8.09. The fourth-order valence-corrected chi connectivity index (χ4v) is 2.00. The molecule has 0 amide bonds. The van der Waals surface area contributed by atoms with E-state index in [0.717, 1.165) is 21.4 Å². The Bertz CT molecular complexity index is 664. The van der Waals surface area contributed by atoms with Gasteiger partial charge in [0.25, 0.3) is 0 Å². The Morgan fingerprint density at radius 3 is 2.68 bits per heavy atom. The summed E-state index contributed by atoms with van der Waals surface area (Å²) >= 11 is 3.33. The minimum absolute atomic E-state index is 0.711. The fraction of sp³-hybridized carbons (Fsp3) is 0.0769. The van der Waals surface area contributed by atoms with Crippen LogP contribution in [0.3, 0.4) is 0 Å². The Morgan fingerprint density at radius 1 is 1.11 bits per heavy atom. The maximum Gasteiger partial charge on any atom is 0.159 e. The second kappa shape index (κ2) is 5.27. The predicted octanol–water partition coefficient (Wildman–Crippen LogP) is 2.61. The molecule has 2 heterocycles. The van der Waals surface area contributed by atoms with Crippen LogP contribution in [0.4, 0.5) is 0 Å². The smallest absolute Gasteiger partial charge is 0.159 e. The Hall–Kier alpha value is -2.08. The van der Waals surface area contributed by atoms with Crippen LogP contribution in [0.1, 0.15) is 11.4 Å². The van der Waals surface area contributed by atoms with E-state index >= 15 is 0 Å². The summed E-state index contributed by atoms with van der Waals surface area (Å²) in [6.45, 7) is 0. The molecule has 5 nitrogen and oxygen atoms in total. The van der Waals surface area contributed by atoms with E-state index < -0.39 is 0 Å². The van der Waals surface area contributed by atoms with E-state index in [1.807, 2.05) is 18.2 Å². The molecule has 0 aliphatic heterocycles. The molecule has 94 valence electrons. The minimum atomic E-state index is 0.711. The molecular formula is C13H10BrN5. The summed E-state index contributed by atoms with van der Waals surface area (Å²) in [4.78, 5) is 12.7. The first-order valence-electron chi connectivity index (χ1n) is 5.72. The predicted molar refractivity (Wildman–Crippen MR) is 74.4 cm³/mol. The van der Waals surface area contributed by atoms with Crippen LogP contribution in [0.2, 0.25) is 0 Å². The topological polar surface area (TPSA) is 67.3 Å². The Balaban J connectivity index is 1.89. The molecule has 3 rings (SSSR count). The zero-order valence-electron chi connectivity index (χ0n) is 9.92. The average molecular weight is 316 g/mol. The summed E-state index contributed by atoms with van der Waals surface area (Å²) < 4.78 is 0.870. The van der Waals surface area contributed by atoms with E-state index in [-0.39, 0.29) is 0 Å². The Kier molecular flexibility index (Phi) is 3.33. The van der Waals surface area contributed by atoms with Gasteiger partial charge in [-0.3, -0.25) is 5.10 Å². The highest BCUT2D eigenvalue weighted by Crippen LogP contribution is 2.18. The Labute approximate surface area is 118 Å². The molecule has 0 saturated heterocycles. The van der Waals surface area contributed by atoms with Crippen LogP contribution >= 0.6 is 15.9 Å². The van der Waals surface area contributed by atoms with Gasteiger partial charge in [0.15, 0.2) is 5.82 Å². The van der Waals surface area contributed by atoms with Gasteiger partial charge in [-0.1, -0.05) is 18.2 Å². The lowest BCUT2D eigenvalue weighted by Crippen LogP contribution is -1.93. The van der Waals surface area contributed by atoms with Crippen molar-refractivity contribution in [3.63, 3.8) is 0 Å². The summed E-state index contributed by atoms with van der Waals surface area (Å²) in [6.07, 6.45) is 5.71. The van der Waals surface area contributed by atoms with E-state index in [1.54, 1.807) is 12.4 Å². The van der Waals surface area contributed by atoms with Crippen molar-refractivity contribution in [2.24, 2.45) is 0 Å². The molecule has 2 aromatic heterocycles. The number of nitrogens with one attached hydrogen (secondary N) is 1. The SMILES string of the molecule is Brc1cnc(-c2cccc(Cc3ncn[nH]3)c2)nc1. The Morgan fingerprint density at radius 2 is 1.95 bits per heavy atom. The summed E-state index contributed by atoms with van der Waals surface area (Å²) in [5.74, 6) is 1.55. The van der Waals surface area contributed by atoms with Crippen molar-refractivity contribution >= 4 is 15.9 Å². The monoisotopic (exact) mass is 315 g/mol. The molecule has 3 aromatic rings. The van der Waals surface area contributed by atoms with E-state index in [2.05, 4.69) is 47.1 Å². The second-order valence-corrected chi connectivity index (χ2v) is 4.95. The standard InChI is InChI=1S/C13H10BrN5/c14-11-6-15-13(16-7-11)10-3-1-2-9(4-10)5-12-17-8-18-19-12/h1-4,6-8H,5H2,(H,17,18,19). The van der Waals surface area contributed by atoms with Crippen LogP contribution in [0.5, 0.6) is 0 Å². The minimum Gasteiger partial charge on any atom is -0.263 e. The van der Waals surface area contributed by atoms with Crippen LogP contribution < -0.4 is 0 Å². The first kappa shape index (κ1) is 12.0. The number of nitrogens with zero attached hydrogens (tertiary/aromatic N) is 4. The number of rotatable bonds is 3. The number of benzene rings is 1. The quantitative estimate of drug-likeness (QED) is 0.806. The summed E-state index contributed by atoms with van der Waals surface area (Å²) in [5.41, 5.74) is 2.13. The molecule has 0 saturated carbocycles. The molecule has 0 bridgehead atoms. The maximum atomic E-state index is 4.29. The summed E-state index contributed by atoms with van der Waals surface area (Å²) in [5, 5.41) is 6.70. The lowest BCUT2D eigenvalue weighted by Gasteiger charge is -2.03. The normalized spacial score (nSPS) is 10.6. The van der Waals surface area contributed by atoms with Gasteiger partial charge in [0.1, 0.15) is 12.2 Å². The molecule has 0 fully saturated rings. The molecule has 0 aliphatic rings. The number of aromatic nitrogens is 5. The van der Waals surface area contributed by atoms with Crippen molar-refractivity contribution in [2.75, 3.05) is 0 Å². The van der Waals surface area contributed by atoms with Gasteiger partial charge in [0.2, 0.25) is 0 Å². The van der Waals surface area contributed by atoms with Crippen molar-refractivity contribution in [3.05, 3.63) is 58.8 Å². The van der Waals surface area contributed by atoms with Crippen LogP contribution in [-0.4, -0.2) is 25.1 Å². The van der Waals surface area contributed by atoms with Crippen LogP contribution in [0.15, 0.2) is 47.5 Å². The fourth-order valence-electron chi connectivity index (χ4n) is 1.79. The van der Waals surface area contributed by atoms with Gasteiger partial charge in [-0.2, -0.15) is 5.10 Å². The lowest BCUT2D eigenvalue weighted by atomic mass is 10.1. The molecule has 0 radical (unpaired) electrons. The summed E-state index contributed by atoms with van der Waals surface area (Å²) in [7, 11) is 0. The second-order valence-electron chi connectivity index (χ2n) is 4.03. The van der Waals surface area contributed by atoms with E-state index in [0.29, 0.717) is 12.2 Å². The molecule has 0 unspecified atom stereocenters. The van der Waals surface area contributed by atoms with E-state index in [4.69, 9.17) is 0 Å². The number of hydrogen-bond acceptors (Lipinski definition) is 4. The molecule has 19 heavy (non-hydrogen) atoms. The number of aromatic amines is 1. The van der Waals surface area contributed by atoms with E-state index in [1.165, 1.54) is 6.33 Å². The molecule has 1 aromatic carbocycles. The third kappa shape index (κ3) is 2.85. The first-order chi connectivity index (χ1) is 9.31. The lowest BCUT2D eigenvalue weighted by molar-refractivity contribution is 0.972. The van der Waals surface area contributed by atoms with E-state index in [9.17, 15) is 0 Å². The maximum absolute atomic E-state index is 4.29. The molecule has 0 spiro atoms. The average Bonchev–Trinajstić information content (AvgIpc) is 2.93. The molecule has 0 atom stereocenters. The molecule has 1 N–H and O–H groups in total. The third-order valence-corrected chi connectivity index (χ3v) is 3.05. The number of halogens is 1.